The number of benzene rings is 2. The van der Waals surface area contributed by atoms with Gasteiger partial charge >= 0.3 is 0 Å². The number of ether oxygens (including phenoxy) is 4. The molecule has 0 saturated heterocycles. The van der Waals surface area contributed by atoms with Crippen LogP contribution in [0.1, 0.15) is 31.4 Å². The Labute approximate surface area is 231 Å². The highest BCUT2D eigenvalue weighted by Gasteiger charge is 2.24. The van der Waals surface area contributed by atoms with Crippen molar-refractivity contribution in [2.75, 3.05) is 27.9 Å². The second kappa shape index (κ2) is 13.4. The zero-order valence-electron chi connectivity index (χ0n) is 22.7. The maximum absolute atomic E-state index is 13.3. The van der Waals surface area contributed by atoms with Crippen LogP contribution in [0, 0.1) is 0 Å². The van der Waals surface area contributed by atoms with E-state index in [1.165, 1.54) is 20.3 Å². The van der Waals surface area contributed by atoms with E-state index >= 15 is 0 Å². The first-order chi connectivity index (χ1) is 19.5. The van der Waals surface area contributed by atoms with Crippen LogP contribution < -0.4 is 29.7 Å². The lowest BCUT2D eigenvalue weighted by atomic mass is 10.1. The molecule has 0 radical (unpaired) electrons. The molecule has 10 heteroatoms. The Morgan fingerprint density at radius 2 is 1.77 bits per heavy atom. The van der Waals surface area contributed by atoms with Gasteiger partial charge in [0.2, 0.25) is 22.8 Å². The molecule has 40 heavy (non-hydrogen) atoms. The number of aromatic nitrogens is 1. The molecular formula is C30H32N2O8. The zero-order chi connectivity index (χ0) is 28.5. The molecule has 4 aromatic rings. The van der Waals surface area contributed by atoms with E-state index in [1.807, 2.05) is 18.2 Å². The van der Waals surface area contributed by atoms with Gasteiger partial charge in [0.1, 0.15) is 16.9 Å². The van der Waals surface area contributed by atoms with Crippen LogP contribution in [-0.2, 0) is 11.3 Å². The van der Waals surface area contributed by atoms with Gasteiger partial charge < -0.3 is 33.8 Å². The summed E-state index contributed by atoms with van der Waals surface area (Å²) in [6.45, 7) is 0.672. The zero-order valence-corrected chi connectivity index (χ0v) is 22.7. The third-order valence-electron chi connectivity index (χ3n) is 6.30. The van der Waals surface area contributed by atoms with E-state index in [-0.39, 0.29) is 40.7 Å². The van der Waals surface area contributed by atoms with Crippen molar-refractivity contribution in [2.45, 2.75) is 32.2 Å². The summed E-state index contributed by atoms with van der Waals surface area (Å²) in [7, 11) is 4.45. The SMILES string of the molecule is COc1ccc(-c2oc3c(OC)c(OC)cc(OCCCCCC(=O)NCc4ccccn4)c3c(=O)c2O)cc1. The molecule has 2 aromatic carbocycles. The lowest BCUT2D eigenvalue weighted by molar-refractivity contribution is -0.121. The molecule has 0 aliphatic carbocycles. The molecule has 10 nitrogen and oxygen atoms in total. The van der Waals surface area contributed by atoms with E-state index in [9.17, 15) is 14.7 Å². The standard InChI is InChI=1S/C30H32N2O8/c1-36-21-13-11-19(12-14-21)28-27(35)26(34)25-22(17-23(37-2)29(38-3)30(25)40-28)39-16-8-4-5-10-24(33)32-18-20-9-6-7-15-31-20/h6-7,9,11-15,17,35H,4-5,8,10,16,18H2,1-3H3,(H,32,33). The Kier molecular flexibility index (Phi) is 9.45. The van der Waals surface area contributed by atoms with Crippen molar-refractivity contribution in [1.29, 1.82) is 0 Å². The van der Waals surface area contributed by atoms with Crippen LogP contribution in [-0.4, -0.2) is 43.9 Å². The van der Waals surface area contributed by atoms with Crippen LogP contribution in [0.4, 0.5) is 0 Å². The van der Waals surface area contributed by atoms with Crippen molar-refractivity contribution in [2.24, 2.45) is 0 Å². The molecule has 0 saturated carbocycles. The molecule has 4 rings (SSSR count). The van der Waals surface area contributed by atoms with Gasteiger partial charge in [-0.15, -0.1) is 0 Å². The van der Waals surface area contributed by atoms with Crippen LogP contribution >= 0.6 is 0 Å². The van der Waals surface area contributed by atoms with Gasteiger partial charge in [-0.2, -0.15) is 0 Å². The Balaban J connectivity index is 1.45. The fourth-order valence-corrected chi connectivity index (χ4v) is 4.20. The molecule has 210 valence electrons. The summed E-state index contributed by atoms with van der Waals surface area (Å²) in [6.07, 6.45) is 4.14. The number of nitrogens with one attached hydrogen (secondary N) is 1. The number of rotatable bonds is 13. The molecule has 1 amide bonds. The van der Waals surface area contributed by atoms with Crippen molar-refractivity contribution >= 4 is 16.9 Å². The van der Waals surface area contributed by atoms with E-state index in [4.69, 9.17) is 23.4 Å². The highest BCUT2D eigenvalue weighted by atomic mass is 16.5. The van der Waals surface area contributed by atoms with Gasteiger partial charge in [0, 0.05) is 24.2 Å². The van der Waals surface area contributed by atoms with E-state index < -0.39 is 11.2 Å². The molecule has 2 aromatic heterocycles. The Bertz CT molecular complexity index is 1500. The van der Waals surface area contributed by atoms with E-state index in [0.29, 0.717) is 42.9 Å². The molecule has 0 spiro atoms. The monoisotopic (exact) mass is 548 g/mol. The Morgan fingerprint density at radius 1 is 0.975 bits per heavy atom. The van der Waals surface area contributed by atoms with Crippen LogP contribution in [0.5, 0.6) is 28.7 Å². The first-order valence-corrected chi connectivity index (χ1v) is 12.8. The minimum atomic E-state index is -0.660. The molecular weight excluding hydrogens is 516 g/mol. The van der Waals surface area contributed by atoms with Crippen LogP contribution in [0.3, 0.4) is 0 Å². The van der Waals surface area contributed by atoms with Gasteiger partial charge in [0.05, 0.1) is 40.2 Å². The number of hydrogen-bond acceptors (Lipinski definition) is 9. The third-order valence-corrected chi connectivity index (χ3v) is 6.30. The lowest BCUT2D eigenvalue weighted by Gasteiger charge is -2.16. The smallest absolute Gasteiger partial charge is 0.238 e. The number of aromatic hydroxyl groups is 1. The molecule has 2 N–H and O–H groups in total. The fraction of sp³-hybridized carbons (Fsp3) is 0.300. The van der Waals surface area contributed by atoms with Crippen LogP contribution in [0.15, 0.2) is 63.9 Å². The largest absolute Gasteiger partial charge is 0.502 e. The van der Waals surface area contributed by atoms with Crippen LogP contribution in [0.25, 0.3) is 22.3 Å². The summed E-state index contributed by atoms with van der Waals surface area (Å²) in [6, 6.07) is 13.8. The molecule has 0 bridgehead atoms. The number of pyridine rings is 1. The number of unbranched alkanes of at least 4 members (excludes halogenated alkanes) is 2. The highest BCUT2D eigenvalue weighted by molar-refractivity contribution is 5.93. The highest BCUT2D eigenvalue weighted by Crippen LogP contribution is 2.43. The fourth-order valence-electron chi connectivity index (χ4n) is 4.20. The first-order valence-electron chi connectivity index (χ1n) is 12.8. The number of methoxy groups -OCH3 is 3. The molecule has 0 aliphatic heterocycles. The van der Waals surface area contributed by atoms with Gasteiger partial charge in [0.25, 0.3) is 0 Å². The quantitative estimate of drug-likeness (QED) is 0.225. The predicted molar refractivity (Wildman–Crippen MR) is 149 cm³/mol. The average Bonchev–Trinajstić information content (AvgIpc) is 2.99. The van der Waals surface area contributed by atoms with Gasteiger partial charge in [-0.3, -0.25) is 14.6 Å². The minimum absolute atomic E-state index is 0.0148. The van der Waals surface area contributed by atoms with Gasteiger partial charge in [-0.1, -0.05) is 6.07 Å². The molecule has 2 heterocycles. The van der Waals surface area contributed by atoms with Crippen molar-refractivity contribution in [3.8, 4) is 40.1 Å². The summed E-state index contributed by atoms with van der Waals surface area (Å²) in [5.74, 6) is 0.721. The maximum atomic E-state index is 13.3. The summed E-state index contributed by atoms with van der Waals surface area (Å²) in [4.78, 5) is 29.6. The molecule has 0 fully saturated rings. The van der Waals surface area contributed by atoms with E-state index in [0.717, 1.165) is 12.1 Å². The number of amides is 1. The summed E-state index contributed by atoms with van der Waals surface area (Å²) >= 11 is 0. The van der Waals surface area contributed by atoms with Gasteiger partial charge in [-0.25, -0.2) is 0 Å². The van der Waals surface area contributed by atoms with Crippen LogP contribution in [0.2, 0.25) is 0 Å². The maximum Gasteiger partial charge on any atom is 0.238 e. The summed E-state index contributed by atoms with van der Waals surface area (Å²) in [5.41, 5.74) is 0.717. The normalized spacial score (nSPS) is 10.8. The van der Waals surface area contributed by atoms with Gasteiger partial charge in [0.15, 0.2) is 17.1 Å². The predicted octanol–water partition coefficient (Wildman–Crippen LogP) is 4.84. The van der Waals surface area contributed by atoms with Crippen molar-refractivity contribution < 1.29 is 33.3 Å². The third kappa shape index (κ3) is 6.45. The lowest BCUT2D eigenvalue weighted by Crippen LogP contribution is -2.22. The molecule has 0 aliphatic rings. The topological polar surface area (TPSA) is 129 Å². The van der Waals surface area contributed by atoms with Crippen molar-refractivity contribution in [3.05, 3.63) is 70.6 Å². The molecule has 0 atom stereocenters. The Hall–Kier alpha value is -4.73. The number of carbonyl (C=O) groups is 1. The second-order valence-electron chi connectivity index (χ2n) is 8.91. The molecule has 0 unspecified atom stereocenters. The second-order valence-corrected chi connectivity index (χ2v) is 8.91. The first kappa shape index (κ1) is 28.3. The van der Waals surface area contributed by atoms with E-state index in [2.05, 4.69) is 10.3 Å². The van der Waals surface area contributed by atoms with Gasteiger partial charge in [-0.05, 0) is 55.7 Å². The average molecular weight is 549 g/mol. The minimum Gasteiger partial charge on any atom is -0.502 e. The number of nitrogens with zero attached hydrogens (tertiary/aromatic N) is 1. The summed E-state index contributed by atoms with van der Waals surface area (Å²) in [5, 5.41) is 13.7. The van der Waals surface area contributed by atoms with Crippen molar-refractivity contribution in [1.82, 2.24) is 10.3 Å². The number of hydrogen-bond donors (Lipinski definition) is 2. The number of carbonyl (C=O) groups excluding carboxylic acids is 1. The van der Waals surface area contributed by atoms with E-state index in [1.54, 1.807) is 37.6 Å². The Morgan fingerprint density at radius 3 is 2.45 bits per heavy atom. The number of fused-ring (bicyclic) bond motifs is 1. The summed E-state index contributed by atoms with van der Waals surface area (Å²) < 4.78 is 28.1. The van der Waals surface area contributed by atoms with Crippen molar-refractivity contribution in [3.63, 3.8) is 0 Å².